The average molecular weight is 555 g/mol. The highest BCUT2D eigenvalue weighted by Crippen LogP contribution is 2.42. The van der Waals surface area contributed by atoms with Gasteiger partial charge in [0.25, 0.3) is 5.91 Å². The Bertz CT molecular complexity index is 1390. The van der Waals surface area contributed by atoms with Gasteiger partial charge in [0.2, 0.25) is 5.76 Å². The molecule has 2 heterocycles. The first-order valence-electron chi connectivity index (χ1n) is 10.1. The number of rotatable bonds is 4. The number of ether oxygens (including phenoxy) is 1. The molecule has 32 heavy (non-hydrogen) atoms. The van der Waals surface area contributed by atoms with Crippen LogP contribution in [-0.2, 0) is 0 Å². The van der Waals surface area contributed by atoms with Crippen molar-refractivity contribution < 1.29 is 13.9 Å². The molecule has 3 aromatic carbocycles. The molecule has 160 valence electrons. The number of hydrogen-bond acceptors (Lipinski definition) is 4. The molecule has 5 nitrogen and oxygen atoms in total. The first-order valence-corrected chi connectivity index (χ1v) is 11.6. The molecule has 0 bridgehead atoms. The molecule has 7 heteroatoms. The van der Waals surface area contributed by atoms with E-state index in [-0.39, 0.29) is 17.1 Å². The SMILES string of the molecule is CCOc1ccc(N2C(=O)c3oc4ccc(Br)cc4c(=O)c3C2c2ccc(Br)cc2)cc1. The normalized spacial score (nSPS) is 15.3. The summed E-state index contributed by atoms with van der Waals surface area (Å²) in [6.07, 6.45) is 0. The zero-order valence-corrected chi connectivity index (χ0v) is 20.1. The minimum absolute atomic E-state index is 0.0756. The van der Waals surface area contributed by atoms with Gasteiger partial charge in [-0.25, -0.2) is 0 Å². The fraction of sp³-hybridized carbons (Fsp3) is 0.120. The van der Waals surface area contributed by atoms with Gasteiger partial charge in [-0.1, -0.05) is 44.0 Å². The van der Waals surface area contributed by atoms with E-state index in [0.29, 0.717) is 34.6 Å². The van der Waals surface area contributed by atoms with Crippen molar-refractivity contribution in [3.8, 4) is 5.75 Å². The fourth-order valence-corrected chi connectivity index (χ4v) is 4.67. The summed E-state index contributed by atoms with van der Waals surface area (Å²) >= 11 is 6.88. The predicted octanol–water partition coefficient (Wildman–Crippen LogP) is 6.47. The molecule has 1 aromatic heterocycles. The highest BCUT2D eigenvalue weighted by Gasteiger charge is 2.43. The molecule has 1 atom stereocenters. The molecular weight excluding hydrogens is 538 g/mol. The minimum Gasteiger partial charge on any atom is -0.494 e. The first kappa shape index (κ1) is 21.0. The van der Waals surface area contributed by atoms with Gasteiger partial charge in [0, 0.05) is 14.6 Å². The largest absolute Gasteiger partial charge is 0.494 e. The van der Waals surface area contributed by atoms with Crippen LogP contribution in [0.1, 0.15) is 34.6 Å². The van der Waals surface area contributed by atoms with E-state index in [1.54, 1.807) is 23.1 Å². The lowest BCUT2D eigenvalue weighted by Crippen LogP contribution is -2.29. The van der Waals surface area contributed by atoms with Crippen LogP contribution >= 0.6 is 31.9 Å². The van der Waals surface area contributed by atoms with Crippen molar-refractivity contribution in [2.75, 3.05) is 11.5 Å². The molecule has 4 aromatic rings. The Kier molecular flexibility index (Phi) is 5.39. The lowest BCUT2D eigenvalue weighted by molar-refractivity contribution is 0.0971. The number of halogens is 2. The lowest BCUT2D eigenvalue weighted by atomic mass is 9.98. The van der Waals surface area contributed by atoms with Gasteiger partial charge in [-0.2, -0.15) is 0 Å². The van der Waals surface area contributed by atoms with Crippen molar-refractivity contribution in [2.24, 2.45) is 0 Å². The highest BCUT2D eigenvalue weighted by molar-refractivity contribution is 9.10. The summed E-state index contributed by atoms with van der Waals surface area (Å²) in [5.41, 5.74) is 1.99. The van der Waals surface area contributed by atoms with Crippen LogP contribution in [-0.4, -0.2) is 12.5 Å². The van der Waals surface area contributed by atoms with E-state index >= 15 is 0 Å². The highest BCUT2D eigenvalue weighted by atomic mass is 79.9. The van der Waals surface area contributed by atoms with Crippen LogP contribution in [0.25, 0.3) is 11.0 Å². The van der Waals surface area contributed by atoms with Gasteiger partial charge in [0.15, 0.2) is 5.43 Å². The molecule has 0 aliphatic carbocycles. The number of hydrogen-bond donors (Lipinski definition) is 0. The summed E-state index contributed by atoms with van der Waals surface area (Å²) in [5.74, 6) is 0.441. The molecule has 0 radical (unpaired) electrons. The standard InChI is InChI=1S/C25H17Br2NO4/c1-2-31-18-10-8-17(9-11-18)28-22(14-3-5-15(26)6-4-14)21-23(29)19-13-16(27)7-12-20(19)32-24(21)25(28)30/h3-13,22H,2H2,1H3. The van der Waals surface area contributed by atoms with Crippen molar-refractivity contribution in [1.29, 1.82) is 0 Å². The Hall–Kier alpha value is -2.90. The maximum atomic E-state index is 13.6. The number of amides is 1. The minimum atomic E-state index is -0.608. The van der Waals surface area contributed by atoms with Crippen molar-refractivity contribution in [3.05, 3.63) is 103 Å². The van der Waals surface area contributed by atoms with Gasteiger partial charge in [-0.05, 0) is 67.1 Å². The van der Waals surface area contributed by atoms with E-state index in [2.05, 4.69) is 31.9 Å². The van der Waals surface area contributed by atoms with Gasteiger partial charge in [0.1, 0.15) is 11.3 Å². The van der Waals surface area contributed by atoms with Crippen LogP contribution in [0, 0.1) is 0 Å². The second-order valence-corrected chi connectivity index (χ2v) is 9.20. The maximum absolute atomic E-state index is 13.6. The molecule has 0 saturated heterocycles. The van der Waals surface area contributed by atoms with Crippen LogP contribution in [0.3, 0.4) is 0 Å². The van der Waals surface area contributed by atoms with Crippen LogP contribution in [0.2, 0.25) is 0 Å². The van der Waals surface area contributed by atoms with E-state index < -0.39 is 6.04 Å². The monoisotopic (exact) mass is 553 g/mol. The number of carbonyl (C=O) groups is 1. The predicted molar refractivity (Wildman–Crippen MR) is 131 cm³/mol. The van der Waals surface area contributed by atoms with Crippen molar-refractivity contribution in [1.82, 2.24) is 0 Å². The number of anilines is 1. The second kappa shape index (κ2) is 8.22. The van der Waals surface area contributed by atoms with Crippen LogP contribution in [0.15, 0.2) is 84.9 Å². The van der Waals surface area contributed by atoms with Gasteiger partial charge >= 0.3 is 0 Å². The molecule has 1 amide bonds. The van der Waals surface area contributed by atoms with Crippen molar-refractivity contribution in [2.45, 2.75) is 13.0 Å². The zero-order chi connectivity index (χ0) is 22.4. The molecule has 0 spiro atoms. The molecule has 1 aliphatic heterocycles. The maximum Gasteiger partial charge on any atom is 0.295 e. The number of fused-ring (bicyclic) bond motifs is 2. The topological polar surface area (TPSA) is 59.8 Å². The van der Waals surface area contributed by atoms with E-state index in [9.17, 15) is 9.59 Å². The van der Waals surface area contributed by atoms with E-state index in [4.69, 9.17) is 9.15 Å². The van der Waals surface area contributed by atoms with E-state index in [0.717, 1.165) is 14.5 Å². The number of nitrogens with zero attached hydrogens (tertiary/aromatic N) is 1. The van der Waals surface area contributed by atoms with Crippen LogP contribution in [0.5, 0.6) is 5.75 Å². The molecule has 0 N–H and O–H groups in total. The average Bonchev–Trinajstić information content (AvgIpc) is 3.08. The second-order valence-electron chi connectivity index (χ2n) is 7.37. The van der Waals surface area contributed by atoms with Crippen LogP contribution in [0.4, 0.5) is 5.69 Å². The summed E-state index contributed by atoms with van der Waals surface area (Å²) in [5, 5.41) is 0.432. The fourth-order valence-electron chi connectivity index (χ4n) is 4.04. The quantitative estimate of drug-likeness (QED) is 0.290. The summed E-state index contributed by atoms with van der Waals surface area (Å²) < 4.78 is 13.2. The summed E-state index contributed by atoms with van der Waals surface area (Å²) in [6, 6.07) is 19.5. The summed E-state index contributed by atoms with van der Waals surface area (Å²) in [6.45, 7) is 2.47. The number of benzene rings is 3. The Balaban J connectivity index is 1.75. The van der Waals surface area contributed by atoms with E-state index in [1.807, 2.05) is 55.5 Å². The van der Waals surface area contributed by atoms with Gasteiger partial charge in [0.05, 0.1) is 23.6 Å². The molecular formula is C25H17Br2NO4. The van der Waals surface area contributed by atoms with Crippen molar-refractivity contribution in [3.63, 3.8) is 0 Å². The third kappa shape index (κ3) is 3.45. The molecule has 0 saturated carbocycles. The van der Waals surface area contributed by atoms with E-state index in [1.165, 1.54) is 0 Å². The Labute approximate surface area is 200 Å². The third-order valence-corrected chi connectivity index (χ3v) is 6.47. The Morgan fingerprint density at radius 2 is 1.62 bits per heavy atom. The van der Waals surface area contributed by atoms with Crippen LogP contribution < -0.4 is 15.1 Å². The molecule has 5 rings (SSSR count). The Morgan fingerprint density at radius 1 is 0.938 bits per heavy atom. The lowest BCUT2D eigenvalue weighted by Gasteiger charge is -2.25. The van der Waals surface area contributed by atoms with Crippen molar-refractivity contribution >= 4 is 54.4 Å². The van der Waals surface area contributed by atoms with Gasteiger partial charge in [-0.15, -0.1) is 0 Å². The summed E-state index contributed by atoms with van der Waals surface area (Å²) in [4.78, 5) is 28.8. The molecule has 1 unspecified atom stereocenters. The first-order chi connectivity index (χ1) is 15.5. The zero-order valence-electron chi connectivity index (χ0n) is 17.0. The molecule has 1 aliphatic rings. The van der Waals surface area contributed by atoms with Gasteiger partial charge in [-0.3, -0.25) is 14.5 Å². The summed E-state index contributed by atoms with van der Waals surface area (Å²) in [7, 11) is 0. The smallest absolute Gasteiger partial charge is 0.295 e. The van der Waals surface area contributed by atoms with Gasteiger partial charge < -0.3 is 9.15 Å². The molecule has 0 fully saturated rings. The Morgan fingerprint density at radius 3 is 2.31 bits per heavy atom. The number of carbonyl (C=O) groups excluding carboxylic acids is 1. The third-order valence-electron chi connectivity index (χ3n) is 5.44.